The van der Waals surface area contributed by atoms with E-state index in [4.69, 9.17) is 0 Å². The van der Waals surface area contributed by atoms with Gasteiger partial charge < -0.3 is 10.2 Å². The van der Waals surface area contributed by atoms with Crippen LogP contribution < -0.4 is 5.32 Å². The van der Waals surface area contributed by atoms with Crippen LogP contribution >= 0.6 is 0 Å². The highest BCUT2D eigenvalue weighted by Crippen LogP contribution is 2.20. The van der Waals surface area contributed by atoms with Gasteiger partial charge in [0.2, 0.25) is 11.8 Å². The van der Waals surface area contributed by atoms with Crippen molar-refractivity contribution >= 4 is 17.5 Å². The second-order valence-electron chi connectivity index (χ2n) is 5.91. The van der Waals surface area contributed by atoms with Crippen molar-refractivity contribution in [1.29, 1.82) is 0 Å². The SMILES string of the molecule is CC(=O)N(CCC(=O)Nc1ccccc1C)C(C)c1ccccc1. The molecule has 0 bridgehead atoms. The van der Waals surface area contributed by atoms with Crippen LogP contribution in [0, 0.1) is 6.92 Å². The highest BCUT2D eigenvalue weighted by Gasteiger charge is 2.19. The summed E-state index contributed by atoms with van der Waals surface area (Å²) < 4.78 is 0. The Morgan fingerprint density at radius 1 is 1.04 bits per heavy atom. The molecule has 2 aromatic carbocycles. The molecule has 1 unspecified atom stereocenters. The van der Waals surface area contributed by atoms with Gasteiger partial charge in [-0.3, -0.25) is 9.59 Å². The molecule has 0 aromatic heterocycles. The van der Waals surface area contributed by atoms with Crippen molar-refractivity contribution in [3.8, 4) is 0 Å². The fourth-order valence-corrected chi connectivity index (χ4v) is 2.68. The van der Waals surface area contributed by atoms with Gasteiger partial charge >= 0.3 is 0 Å². The van der Waals surface area contributed by atoms with E-state index in [9.17, 15) is 9.59 Å². The maximum Gasteiger partial charge on any atom is 0.226 e. The van der Waals surface area contributed by atoms with Crippen LogP contribution in [-0.4, -0.2) is 23.3 Å². The lowest BCUT2D eigenvalue weighted by Gasteiger charge is -2.28. The smallest absolute Gasteiger partial charge is 0.226 e. The van der Waals surface area contributed by atoms with Gasteiger partial charge in [-0.25, -0.2) is 0 Å². The third-order valence-corrected chi connectivity index (χ3v) is 4.15. The van der Waals surface area contributed by atoms with Crippen molar-refractivity contribution in [2.45, 2.75) is 33.2 Å². The topological polar surface area (TPSA) is 49.4 Å². The van der Waals surface area contributed by atoms with Crippen LogP contribution in [0.25, 0.3) is 0 Å². The Morgan fingerprint density at radius 2 is 1.67 bits per heavy atom. The van der Waals surface area contributed by atoms with Gasteiger partial charge in [0, 0.05) is 25.6 Å². The quantitative estimate of drug-likeness (QED) is 0.875. The zero-order chi connectivity index (χ0) is 17.5. The predicted molar refractivity (Wildman–Crippen MR) is 96.7 cm³/mol. The van der Waals surface area contributed by atoms with Crippen molar-refractivity contribution in [2.24, 2.45) is 0 Å². The predicted octanol–water partition coefficient (Wildman–Crippen LogP) is 3.93. The summed E-state index contributed by atoms with van der Waals surface area (Å²) in [6.45, 7) is 5.87. The lowest BCUT2D eigenvalue weighted by Crippen LogP contribution is -2.34. The van der Waals surface area contributed by atoms with Gasteiger partial charge in [-0.15, -0.1) is 0 Å². The van der Waals surface area contributed by atoms with Gasteiger partial charge in [0.05, 0.1) is 6.04 Å². The Labute approximate surface area is 143 Å². The average Bonchev–Trinajstić information content (AvgIpc) is 2.57. The third kappa shape index (κ3) is 4.69. The van der Waals surface area contributed by atoms with E-state index in [0.717, 1.165) is 16.8 Å². The van der Waals surface area contributed by atoms with E-state index in [1.54, 1.807) is 11.8 Å². The average molecular weight is 324 g/mol. The molecule has 0 heterocycles. The second kappa shape index (κ2) is 8.29. The van der Waals surface area contributed by atoms with Crippen molar-refractivity contribution in [1.82, 2.24) is 4.90 Å². The molecule has 24 heavy (non-hydrogen) atoms. The van der Waals surface area contributed by atoms with Crippen LogP contribution in [0.3, 0.4) is 0 Å². The number of nitrogens with zero attached hydrogens (tertiary/aromatic N) is 1. The molecule has 4 nitrogen and oxygen atoms in total. The van der Waals surface area contributed by atoms with Gasteiger partial charge in [0.1, 0.15) is 0 Å². The number of nitrogens with one attached hydrogen (secondary N) is 1. The Kier molecular flexibility index (Phi) is 6.13. The van der Waals surface area contributed by atoms with Crippen molar-refractivity contribution in [2.75, 3.05) is 11.9 Å². The summed E-state index contributed by atoms with van der Waals surface area (Å²) in [6.07, 6.45) is 0.269. The Hall–Kier alpha value is -2.62. The van der Waals surface area contributed by atoms with Gasteiger partial charge in [-0.05, 0) is 31.0 Å². The summed E-state index contributed by atoms with van der Waals surface area (Å²) in [6, 6.07) is 17.4. The molecule has 0 fully saturated rings. The molecular weight excluding hydrogens is 300 g/mol. The first-order valence-corrected chi connectivity index (χ1v) is 8.16. The normalized spacial score (nSPS) is 11.6. The molecule has 0 saturated heterocycles. The van der Waals surface area contributed by atoms with E-state index in [1.165, 1.54) is 0 Å². The standard InChI is InChI=1S/C20H24N2O2/c1-15-9-7-8-12-19(15)21-20(24)13-14-22(17(3)23)16(2)18-10-5-4-6-11-18/h4-12,16H,13-14H2,1-3H3,(H,21,24). The minimum Gasteiger partial charge on any atom is -0.336 e. The Bertz CT molecular complexity index is 698. The van der Waals surface area contributed by atoms with Gasteiger partial charge in [0.25, 0.3) is 0 Å². The van der Waals surface area contributed by atoms with Crippen LogP contribution in [0.4, 0.5) is 5.69 Å². The van der Waals surface area contributed by atoms with E-state index in [2.05, 4.69) is 5.32 Å². The van der Waals surface area contributed by atoms with Gasteiger partial charge in [-0.2, -0.15) is 0 Å². The Morgan fingerprint density at radius 3 is 2.29 bits per heavy atom. The lowest BCUT2D eigenvalue weighted by molar-refractivity contribution is -0.131. The van der Waals surface area contributed by atoms with E-state index < -0.39 is 0 Å². The summed E-state index contributed by atoms with van der Waals surface area (Å²) in [7, 11) is 0. The minimum atomic E-state index is -0.0872. The summed E-state index contributed by atoms with van der Waals surface area (Å²) in [5.41, 5.74) is 2.90. The van der Waals surface area contributed by atoms with Crippen LogP contribution in [-0.2, 0) is 9.59 Å². The summed E-state index contributed by atoms with van der Waals surface area (Å²) in [5.74, 6) is -0.120. The third-order valence-electron chi connectivity index (χ3n) is 4.15. The molecule has 2 aromatic rings. The number of amides is 2. The van der Waals surface area contributed by atoms with Crippen LogP contribution in [0.15, 0.2) is 54.6 Å². The summed E-state index contributed by atoms with van der Waals surface area (Å²) in [4.78, 5) is 25.9. The van der Waals surface area contributed by atoms with Gasteiger partial charge in [0.15, 0.2) is 0 Å². The molecule has 0 aliphatic carbocycles. The molecule has 0 spiro atoms. The number of carbonyl (C=O) groups is 2. The first-order chi connectivity index (χ1) is 11.5. The zero-order valence-corrected chi connectivity index (χ0v) is 14.5. The first kappa shape index (κ1) is 17.7. The van der Waals surface area contributed by atoms with Crippen LogP contribution in [0.1, 0.15) is 37.4 Å². The molecule has 126 valence electrons. The largest absolute Gasteiger partial charge is 0.336 e. The molecule has 1 N–H and O–H groups in total. The number of rotatable bonds is 6. The molecule has 1 atom stereocenters. The van der Waals surface area contributed by atoms with Crippen LogP contribution in [0.2, 0.25) is 0 Å². The van der Waals surface area contributed by atoms with E-state index in [1.807, 2.05) is 68.4 Å². The summed E-state index contributed by atoms with van der Waals surface area (Å²) >= 11 is 0. The van der Waals surface area contributed by atoms with Gasteiger partial charge in [-0.1, -0.05) is 48.5 Å². The van der Waals surface area contributed by atoms with Crippen molar-refractivity contribution < 1.29 is 9.59 Å². The number of hydrogen-bond acceptors (Lipinski definition) is 2. The van der Waals surface area contributed by atoms with E-state index in [-0.39, 0.29) is 24.3 Å². The fraction of sp³-hybridized carbons (Fsp3) is 0.300. The molecule has 2 rings (SSSR count). The fourth-order valence-electron chi connectivity index (χ4n) is 2.68. The number of para-hydroxylation sites is 1. The Balaban J connectivity index is 1.98. The van der Waals surface area contributed by atoms with Crippen molar-refractivity contribution in [3.05, 3.63) is 65.7 Å². The highest BCUT2D eigenvalue weighted by molar-refractivity contribution is 5.91. The second-order valence-corrected chi connectivity index (χ2v) is 5.91. The number of aryl methyl sites for hydroxylation is 1. The van der Waals surface area contributed by atoms with Crippen LogP contribution in [0.5, 0.6) is 0 Å². The molecule has 0 saturated carbocycles. The summed E-state index contributed by atoms with van der Waals surface area (Å²) in [5, 5.41) is 2.91. The molecule has 2 amide bonds. The zero-order valence-electron chi connectivity index (χ0n) is 14.5. The number of anilines is 1. The molecule has 0 aliphatic heterocycles. The van der Waals surface area contributed by atoms with E-state index >= 15 is 0 Å². The molecule has 0 radical (unpaired) electrons. The lowest BCUT2D eigenvalue weighted by atomic mass is 10.1. The van der Waals surface area contributed by atoms with E-state index in [0.29, 0.717) is 6.54 Å². The number of carbonyl (C=O) groups excluding carboxylic acids is 2. The maximum atomic E-state index is 12.2. The molecule has 4 heteroatoms. The molecule has 0 aliphatic rings. The number of hydrogen-bond donors (Lipinski definition) is 1. The monoisotopic (exact) mass is 324 g/mol. The first-order valence-electron chi connectivity index (χ1n) is 8.16. The minimum absolute atomic E-state index is 0.0324. The highest BCUT2D eigenvalue weighted by atomic mass is 16.2. The number of benzene rings is 2. The van der Waals surface area contributed by atoms with Crippen molar-refractivity contribution in [3.63, 3.8) is 0 Å². The maximum absolute atomic E-state index is 12.2. The molecular formula is C20H24N2O2.